The lowest BCUT2D eigenvalue weighted by molar-refractivity contribution is 0.506. The van der Waals surface area contributed by atoms with Gasteiger partial charge in [-0.1, -0.05) is 12.1 Å². The van der Waals surface area contributed by atoms with E-state index in [0.717, 1.165) is 15.0 Å². The zero-order chi connectivity index (χ0) is 11.4. The van der Waals surface area contributed by atoms with Gasteiger partial charge in [0.25, 0.3) is 0 Å². The summed E-state index contributed by atoms with van der Waals surface area (Å²) in [5, 5.41) is 11.9. The van der Waals surface area contributed by atoms with Crippen LogP contribution in [0.2, 0.25) is 0 Å². The van der Waals surface area contributed by atoms with Crippen molar-refractivity contribution in [3.05, 3.63) is 51.5 Å². The summed E-state index contributed by atoms with van der Waals surface area (Å²) in [6.07, 6.45) is 0. The van der Waals surface area contributed by atoms with Crippen LogP contribution in [-0.4, -0.2) is 0 Å². The van der Waals surface area contributed by atoms with E-state index in [1.807, 2.05) is 30.3 Å². The number of furan rings is 1. The van der Waals surface area contributed by atoms with Crippen molar-refractivity contribution in [1.29, 1.82) is 5.26 Å². The first-order valence-corrected chi connectivity index (χ1v) is 5.84. The van der Waals surface area contributed by atoms with Crippen molar-refractivity contribution < 1.29 is 4.42 Å². The minimum Gasteiger partial charge on any atom is -0.449 e. The molecule has 0 aliphatic heterocycles. The highest BCUT2D eigenvalue weighted by Crippen LogP contribution is 2.18. The number of anilines is 1. The van der Waals surface area contributed by atoms with Crippen LogP contribution in [0.4, 0.5) is 5.69 Å². The first-order chi connectivity index (χ1) is 7.79. The fraction of sp³-hybridized carbons (Fsp3) is 0.0833. The molecule has 1 aromatic carbocycles. The predicted octanol–water partition coefficient (Wildman–Crippen LogP) is 3.37. The maximum Gasteiger partial charge on any atom is 0.203 e. The second-order valence-corrected chi connectivity index (χ2v) is 4.37. The lowest BCUT2D eigenvalue weighted by atomic mass is 10.3. The minimum atomic E-state index is 0.347. The van der Waals surface area contributed by atoms with E-state index in [1.54, 1.807) is 12.1 Å². The van der Waals surface area contributed by atoms with Crippen molar-refractivity contribution in [2.24, 2.45) is 0 Å². The van der Waals surface area contributed by atoms with E-state index >= 15 is 0 Å². The highest BCUT2D eigenvalue weighted by atomic mass is 127. The van der Waals surface area contributed by atoms with E-state index in [1.165, 1.54) is 0 Å². The van der Waals surface area contributed by atoms with Crippen molar-refractivity contribution in [2.75, 3.05) is 5.32 Å². The average molecular weight is 324 g/mol. The fourth-order valence-corrected chi connectivity index (χ4v) is 1.90. The van der Waals surface area contributed by atoms with Gasteiger partial charge in [-0.25, -0.2) is 0 Å². The fourth-order valence-electron chi connectivity index (χ4n) is 1.32. The Morgan fingerprint density at radius 2 is 2.06 bits per heavy atom. The monoisotopic (exact) mass is 324 g/mol. The predicted molar refractivity (Wildman–Crippen MR) is 69.9 cm³/mol. The molecule has 0 aliphatic carbocycles. The van der Waals surface area contributed by atoms with Crippen molar-refractivity contribution >= 4 is 28.3 Å². The molecule has 1 N–H and O–H groups in total. The Kier molecular flexibility index (Phi) is 3.47. The molecule has 1 heterocycles. The van der Waals surface area contributed by atoms with Crippen LogP contribution in [0.1, 0.15) is 11.5 Å². The Labute approximate surface area is 107 Å². The number of halogens is 1. The van der Waals surface area contributed by atoms with Crippen LogP contribution >= 0.6 is 22.6 Å². The molecule has 0 unspecified atom stereocenters. The maximum atomic E-state index is 8.61. The second-order valence-electron chi connectivity index (χ2n) is 3.21. The zero-order valence-electron chi connectivity index (χ0n) is 8.40. The lowest BCUT2D eigenvalue weighted by Crippen LogP contribution is -1.99. The third-order valence-corrected chi connectivity index (χ3v) is 3.04. The molecular formula is C12H9IN2O. The van der Waals surface area contributed by atoms with E-state index < -0.39 is 0 Å². The third kappa shape index (κ3) is 2.55. The summed E-state index contributed by atoms with van der Waals surface area (Å²) in [6.45, 7) is 0.585. The van der Waals surface area contributed by atoms with Crippen LogP contribution in [0, 0.1) is 14.9 Å². The smallest absolute Gasteiger partial charge is 0.203 e. The molecule has 4 heteroatoms. The van der Waals surface area contributed by atoms with Crippen molar-refractivity contribution in [1.82, 2.24) is 0 Å². The molecule has 0 amide bonds. The normalized spacial score (nSPS) is 9.75. The third-order valence-electron chi connectivity index (χ3n) is 2.10. The highest BCUT2D eigenvalue weighted by molar-refractivity contribution is 14.1. The van der Waals surface area contributed by atoms with E-state index in [2.05, 4.69) is 27.9 Å². The summed E-state index contributed by atoms with van der Waals surface area (Å²) in [5.74, 6) is 1.11. The molecule has 80 valence electrons. The molecule has 16 heavy (non-hydrogen) atoms. The van der Waals surface area contributed by atoms with Gasteiger partial charge < -0.3 is 9.73 Å². The number of nitrogens with one attached hydrogen (secondary N) is 1. The van der Waals surface area contributed by atoms with Gasteiger partial charge in [-0.15, -0.1) is 0 Å². The number of nitrogens with zero attached hydrogens (tertiary/aromatic N) is 1. The Balaban J connectivity index is 2.03. The first-order valence-electron chi connectivity index (χ1n) is 4.77. The topological polar surface area (TPSA) is 49.0 Å². The highest BCUT2D eigenvalue weighted by Gasteiger charge is 2.02. The van der Waals surface area contributed by atoms with Crippen LogP contribution in [0.15, 0.2) is 40.8 Å². The van der Waals surface area contributed by atoms with E-state index in [9.17, 15) is 0 Å². The van der Waals surface area contributed by atoms with Crippen LogP contribution in [0.25, 0.3) is 0 Å². The van der Waals surface area contributed by atoms with Gasteiger partial charge in [0.15, 0.2) is 0 Å². The first kappa shape index (κ1) is 11.0. The molecular weight excluding hydrogens is 315 g/mol. The molecule has 0 bridgehead atoms. The van der Waals surface area contributed by atoms with Gasteiger partial charge in [-0.2, -0.15) is 5.26 Å². The van der Waals surface area contributed by atoms with Crippen LogP contribution < -0.4 is 5.32 Å². The summed E-state index contributed by atoms with van der Waals surface area (Å²) in [4.78, 5) is 0. The van der Waals surface area contributed by atoms with Crippen LogP contribution in [0.3, 0.4) is 0 Å². The molecule has 0 atom stereocenters. The zero-order valence-corrected chi connectivity index (χ0v) is 10.6. The van der Waals surface area contributed by atoms with E-state index in [-0.39, 0.29) is 0 Å². The SMILES string of the molecule is N#Cc1ccc(CNc2ccccc2I)o1. The number of hydrogen-bond donors (Lipinski definition) is 1. The molecule has 0 fully saturated rings. The quantitative estimate of drug-likeness (QED) is 0.881. The van der Waals surface area contributed by atoms with Crippen molar-refractivity contribution in [3.63, 3.8) is 0 Å². The van der Waals surface area contributed by atoms with Gasteiger partial charge in [0.2, 0.25) is 5.76 Å². The average Bonchev–Trinajstić information content (AvgIpc) is 2.76. The molecule has 0 aliphatic rings. The largest absolute Gasteiger partial charge is 0.449 e. The molecule has 2 rings (SSSR count). The van der Waals surface area contributed by atoms with Crippen molar-refractivity contribution in [3.8, 4) is 6.07 Å². The standard InChI is InChI=1S/C12H9IN2O/c13-11-3-1-2-4-12(11)15-8-10-6-5-9(7-14)16-10/h1-6,15H,8H2. The Hall–Kier alpha value is -1.48. The summed E-state index contributed by atoms with van der Waals surface area (Å²) in [6, 6.07) is 13.5. The number of benzene rings is 1. The van der Waals surface area contributed by atoms with E-state index in [4.69, 9.17) is 9.68 Å². The molecule has 0 saturated heterocycles. The second kappa shape index (κ2) is 5.03. The van der Waals surface area contributed by atoms with Gasteiger partial charge >= 0.3 is 0 Å². The molecule has 3 nitrogen and oxygen atoms in total. The summed E-state index contributed by atoms with van der Waals surface area (Å²) in [5.41, 5.74) is 1.07. The number of para-hydroxylation sites is 1. The van der Waals surface area contributed by atoms with Gasteiger partial charge in [-0.3, -0.25) is 0 Å². The van der Waals surface area contributed by atoms with Crippen molar-refractivity contribution in [2.45, 2.75) is 6.54 Å². The van der Waals surface area contributed by atoms with Crippen LogP contribution in [-0.2, 0) is 6.54 Å². The molecule has 2 aromatic rings. The molecule has 0 radical (unpaired) electrons. The van der Waals surface area contributed by atoms with Gasteiger partial charge in [0.1, 0.15) is 11.8 Å². The molecule has 0 spiro atoms. The summed E-state index contributed by atoms with van der Waals surface area (Å²) < 4.78 is 6.43. The Bertz CT molecular complexity index is 528. The lowest BCUT2D eigenvalue weighted by Gasteiger charge is -2.05. The minimum absolute atomic E-state index is 0.347. The number of rotatable bonds is 3. The molecule has 1 aromatic heterocycles. The Morgan fingerprint density at radius 3 is 2.75 bits per heavy atom. The van der Waals surface area contributed by atoms with Gasteiger partial charge in [0.05, 0.1) is 6.54 Å². The van der Waals surface area contributed by atoms with Crippen LogP contribution in [0.5, 0.6) is 0 Å². The maximum absolute atomic E-state index is 8.61. The van der Waals surface area contributed by atoms with E-state index in [0.29, 0.717) is 12.3 Å². The van der Waals surface area contributed by atoms with Gasteiger partial charge in [0, 0.05) is 9.26 Å². The number of nitriles is 1. The number of hydrogen-bond acceptors (Lipinski definition) is 3. The summed E-state index contributed by atoms with van der Waals surface area (Å²) in [7, 11) is 0. The van der Waals surface area contributed by atoms with Gasteiger partial charge in [-0.05, 0) is 46.9 Å². The summed E-state index contributed by atoms with van der Waals surface area (Å²) >= 11 is 2.27. The Morgan fingerprint density at radius 1 is 1.25 bits per heavy atom. The molecule has 0 saturated carbocycles.